The number of anilines is 1. The van der Waals surface area contributed by atoms with E-state index in [0.717, 1.165) is 17.1 Å². The summed E-state index contributed by atoms with van der Waals surface area (Å²) in [5.74, 6) is -1.27. The van der Waals surface area contributed by atoms with Crippen LogP contribution in [0.3, 0.4) is 0 Å². The fraction of sp³-hybridized carbons (Fsp3) is 0.231. The molecule has 2 aromatic rings. The van der Waals surface area contributed by atoms with Crippen LogP contribution in [0.4, 0.5) is 5.13 Å². The summed E-state index contributed by atoms with van der Waals surface area (Å²) in [6.07, 6.45) is 0.0234. The third kappa shape index (κ3) is 2.27. The monoisotopic (exact) mass is 289 g/mol. The SMILES string of the molecule is O=C(O)C1CC(=O)N(c2nc(-c3ccccc3)ns2)C1. The number of carbonyl (C=O) groups excluding carboxylic acids is 1. The van der Waals surface area contributed by atoms with Gasteiger partial charge in [0.1, 0.15) is 0 Å². The van der Waals surface area contributed by atoms with E-state index in [0.29, 0.717) is 11.0 Å². The predicted octanol–water partition coefficient (Wildman–Crippen LogP) is 1.64. The van der Waals surface area contributed by atoms with Gasteiger partial charge in [-0.05, 0) is 0 Å². The first-order chi connectivity index (χ1) is 9.65. The van der Waals surface area contributed by atoms with Crippen LogP contribution in [0.25, 0.3) is 11.4 Å². The molecule has 6 nitrogen and oxygen atoms in total. The van der Waals surface area contributed by atoms with Gasteiger partial charge in [0.05, 0.1) is 5.92 Å². The average molecular weight is 289 g/mol. The molecule has 0 spiro atoms. The van der Waals surface area contributed by atoms with Crippen LogP contribution in [0.5, 0.6) is 0 Å². The minimum Gasteiger partial charge on any atom is -0.481 e. The number of hydrogen-bond acceptors (Lipinski definition) is 5. The number of benzene rings is 1. The van der Waals surface area contributed by atoms with Crippen molar-refractivity contribution >= 4 is 28.5 Å². The summed E-state index contributed by atoms with van der Waals surface area (Å²) < 4.78 is 4.22. The van der Waals surface area contributed by atoms with Crippen molar-refractivity contribution in [2.24, 2.45) is 5.92 Å². The van der Waals surface area contributed by atoms with Gasteiger partial charge in [-0.1, -0.05) is 30.3 Å². The molecule has 7 heteroatoms. The van der Waals surface area contributed by atoms with Gasteiger partial charge >= 0.3 is 5.97 Å². The van der Waals surface area contributed by atoms with Crippen LogP contribution in [0, 0.1) is 5.92 Å². The first-order valence-electron chi connectivity index (χ1n) is 6.07. The number of rotatable bonds is 3. The number of carbonyl (C=O) groups is 2. The summed E-state index contributed by atoms with van der Waals surface area (Å²) in [5, 5.41) is 9.42. The van der Waals surface area contributed by atoms with Crippen LogP contribution in [0.2, 0.25) is 0 Å². The quantitative estimate of drug-likeness (QED) is 0.928. The second kappa shape index (κ2) is 5.01. The lowest BCUT2D eigenvalue weighted by molar-refractivity contribution is -0.141. The molecule has 1 saturated heterocycles. The van der Waals surface area contributed by atoms with E-state index in [-0.39, 0.29) is 18.9 Å². The number of nitrogens with zero attached hydrogens (tertiary/aromatic N) is 3. The zero-order valence-electron chi connectivity index (χ0n) is 10.4. The van der Waals surface area contributed by atoms with Crippen molar-refractivity contribution in [3.8, 4) is 11.4 Å². The van der Waals surface area contributed by atoms with E-state index in [1.54, 1.807) is 0 Å². The maximum Gasteiger partial charge on any atom is 0.308 e. The van der Waals surface area contributed by atoms with E-state index in [1.165, 1.54) is 4.90 Å². The van der Waals surface area contributed by atoms with E-state index < -0.39 is 11.9 Å². The molecule has 0 aliphatic carbocycles. The molecule has 1 aliphatic rings. The molecule has 20 heavy (non-hydrogen) atoms. The normalized spacial score (nSPS) is 18.5. The summed E-state index contributed by atoms with van der Waals surface area (Å²) >= 11 is 1.11. The molecule has 1 amide bonds. The topological polar surface area (TPSA) is 83.4 Å². The average Bonchev–Trinajstić information content (AvgIpc) is 3.06. The lowest BCUT2D eigenvalue weighted by Gasteiger charge is -2.10. The predicted molar refractivity (Wildman–Crippen MR) is 73.4 cm³/mol. The van der Waals surface area contributed by atoms with Gasteiger partial charge in [0, 0.05) is 30.1 Å². The molecule has 1 aromatic heterocycles. The lowest BCUT2D eigenvalue weighted by atomic mass is 10.1. The van der Waals surface area contributed by atoms with Crippen molar-refractivity contribution in [3.63, 3.8) is 0 Å². The van der Waals surface area contributed by atoms with Gasteiger partial charge in [-0.25, -0.2) is 0 Å². The Morgan fingerprint density at radius 3 is 2.75 bits per heavy atom. The van der Waals surface area contributed by atoms with Crippen LogP contribution >= 0.6 is 11.5 Å². The van der Waals surface area contributed by atoms with Crippen molar-refractivity contribution in [2.75, 3.05) is 11.4 Å². The second-order valence-electron chi connectivity index (χ2n) is 4.51. The highest BCUT2D eigenvalue weighted by Crippen LogP contribution is 2.29. The highest BCUT2D eigenvalue weighted by Gasteiger charge is 2.36. The Balaban J connectivity index is 1.84. The molecule has 1 aliphatic heterocycles. The summed E-state index contributed by atoms with van der Waals surface area (Å²) in [7, 11) is 0. The Labute approximate surface area is 118 Å². The zero-order valence-corrected chi connectivity index (χ0v) is 11.2. The maximum absolute atomic E-state index is 11.8. The van der Waals surface area contributed by atoms with Crippen molar-refractivity contribution in [2.45, 2.75) is 6.42 Å². The number of aromatic nitrogens is 2. The van der Waals surface area contributed by atoms with Gasteiger partial charge in [-0.3, -0.25) is 14.5 Å². The molecule has 1 unspecified atom stereocenters. The number of carboxylic acid groups (broad SMARTS) is 1. The summed E-state index contributed by atoms with van der Waals surface area (Å²) in [4.78, 5) is 28.5. The Morgan fingerprint density at radius 2 is 2.10 bits per heavy atom. The van der Waals surface area contributed by atoms with Crippen LogP contribution in [0.15, 0.2) is 30.3 Å². The van der Waals surface area contributed by atoms with Crippen molar-refractivity contribution < 1.29 is 14.7 Å². The Kier molecular flexibility index (Phi) is 3.19. The molecule has 3 rings (SSSR count). The first kappa shape index (κ1) is 12.7. The molecule has 1 atom stereocenters. The van der Waals surface area contributed by atoms with Gasteiger partial charge in [0.2, 0.25) is 11.0 Å². The molecule has 2 heterocycles. The molecular weight excluding hydrogens is 278 g/mol. The molecule has 0 radical (unpaired) electrons. The number of carboxylic acids is 1. The smallest absolute Gasteiger partial charge is 0.308 e. The maximum atomic E-state index is 11.8. The molecule has 1 N–H and O–H groups in total. The van der Waals surface area contributed by atoms with Gasteiger partial charge in [0.15, 0.2) is 5.82 Å². The number of aliphatic carboxylic acids is 1. The molecule has 102 valence electrons. The van der Waals surface area contributed by atoms with Crippen molar-refractivity contribution in [1.82, 2.24) is 9.36 Å². The Hall–Kier alpha value is -2.28. The standard InChI is InChI=1S/C13H11N3O3S/c17-10-6-9(12(18)19)7-16(10)13-14-11(15-20-13)8-4-2-1-3-5-8/h1-5,9H,6-7H2,(H,18,19). The third-order valence-electron chi connectivity index (χ3n) is 3.15. The van der Waals surface area contributed by atoms with Crippen LogP contribution in [-0.2, 0) is 9.59 Å². The first-order valence-corrected chi connectivity index (χ1v) is 6.85. The van der Waals surface area contributed by atoms with Gasteiger partial charge < -0.3 is 5.11 Å². The molecule has 1 aromatic carbocycles. The minimum atomic E-state index is -0.950. The third-order valence-corrected chi connectivity index (χ3v) is 3.89. The van der Waals surface area contributed by atoms with E-state index in [9.17, 15) is 9.59 Å². The van der Waals surface area contributed by atoms with Gasteiger partial charge in [0.25, 0.3) is 0 Å². The highest BCUT2D eigenvalue weighted by molar-refractivity contribution is 7.10. The van der Waals surface area contributed by atoms with Crippen molar-refractivity contribution in [3.05, 3.63) is 30.3 Å². The molecule has 0 bridgehead atoms. The highest BCUT2D eigenvalue weighted by atomic mass is 32.1. The van der Waals surface area contributed by atoms with Crippen LogP contribution in [-0.4, -0.2) is 32.9 Å². The number of amides is 1. The zero-order chi connectivity index (χ0) is 14.1. The molecule has 0 saturated carbocycles. The summed E-state index contributed by atoms with van der Waals surface area (Å²) in [5.41, 5.74) is 0.872. The van der Waals surface area contributed by atoms with E-state index >= 15 is 0 Å². The summed E-state index contributed by atoms with van der Waals surface area (Å²) in [6.45, 7) is 0.164. The fourth-order valence-corrected chi connectivity index (χ4v) is 2.80. The second-order valence-corrected chi connectivity index (χ2v) is 5.24. The fourth-order valence-electron chi connectivity index (χ4n) is 2.09. The van der Waals surface area contributed by atoms with Gasteiger partial charge in [-0.15, -0.1) is 0 Å². The van der Waals surface area contributed by atoms with Gasteiger partial charge in [-0.2, -0.15) is 9.36 Å². The largest absolute Gasteiger partial charge is 0.481 e. The Bertz CT molecular complexity index is 656. The van der Waals surface area contributed by atoms with Crippen LogP contribution in [0.1, 0.15) is 6.42 Å². The van der Waals surface area contributed by atoms with E-state index in [4.69, 9.17) is 5.11 Å². The lowest BCUT2D eigenvalue weighted by Crippen LogP contribution is -2.25. The molecule has 1 fully saturated rings. The summed E-state index contributed by atoms with van der Waals surface area (Å²) in [6, 6.07) is 9.45. The molecular formula is C13H11N3O3S. The minimum absolute atomic E-state index is 0.0234. The van der Waals surface area contributed by atoms with E-state index in [2.05, 4.69) is 9.36 Å². The van der Waals surface area contributed by atoms with Crippen molar-refractivity contribution in [1.29, 1.82) is 0 Å². The Morgan fingerprint density at radius 1 is 1.35 bits per heavy atom. The van der Waals surface area contributed by atoms with E-state index in [1.807, 2.05) is 30.3 Å². The van der Waals surface area contributed by atoms with Crippen LogP contribution < -0.4 is 4.90 Å². The number of hydrogen-bond donors (Lipinski definition) is 1.